The molecular formula is C20H26N2O4. The molecule has 0 N–H and O–H groups in total. The number of allylic oxidation sites excluding steroid dienone is 2. The Balaban J connectivity index is 3.39. The molecule has 0 saturated heterocycles. The van der Waals surface area contributed by atoms with Crippen LogP contribution in [0.25, 0.3) is 5.57 Å². The molecule has 0 saturated carbocycles. The van der Waals surface area contributed by atoms with E-state index in [4.69, 9.17) is 14.2 Å². The van der Waals surface area contributed by atoms with Crippen LogP contribution in [0.4, 0.5) is 0 Å². The summed E-state index contributed by atoms with van der Waals surface area (Å²) < 4.78 is 15.9. The fourth-order valence-electron chi connectivity index (χ4n) is 2.11. The maximum Gasteiger partial charge on any atom is 0.349 e. The van der Waals surface area contributed by atoms with Gasteiger partial charge in [0.25, 0.3) is 0 Å². The summed E-state index contributed by atoms with van der Waals surface area (Å²) in [6.45, 7) is 5.26. The van der Waals surface area contributed by atoms with Crippen molar-refractivity contribution in [3.63, 3.8) is 0 Å². The molecule has 0 atom stereocenters. The molecule has 1 aromatic carbocycles. The zero-order valence-electron chi connectivity index (χ0n) is 16.4. The highest BCUT2D eigenvalue weighted by Crippen LogP contribution is 2.31. The lowest BCUT2D eigenvalue weighted by Crippen LogP contribution is -2.24. The summed E-state index contributed by atoms with van der Waals surface area (Å²) in [6.07, 6.45) is 3.32. The standard InChI is InChI=1S/C20H26N2O4/c1-20(2,3)26-19(23)15(12-21)10-16(13-22(4)5)14-8-9-17(24-6)18(11-14)25-7/h8-11,13H,1-7H3/b15-10-,16-13+. The molecule has 0 heterocycles. The van der Waals surface area contributed by atoms with Crippen LogP contribution in [0.5, 0.6) is 11.5 Å². The van der Waals surface area contributed by atoms with Gasteiger partial charge < -0.3 is 19.1 Å². The molecule has 0 amide bonds. The molecule has 0 aliphatic carbocycles. The Morgan fingerprint density at radius 3 is 2.23 bits per heavy atom. The molecule has 0 spiro atoms. The summed E-state index contributed by atoms with van der Waals surface area (Å²) in [5.41, 5.74) is 0.677. The first kappa shape index (κ1) is 21.1. The van der Waals surface area contributed by atoms with Crippen LogP contribution in [0.15, 0.2) is 36.0 Å². The normalized spacial score (nSPS) is 12.2. The van der Waals surface area contributed by atoms with Crippen LogP contribution >= 0.6 is 0 Å². The number of methoxy groups -OCH3 is 2. The second-order valence-corrected chi connectivity index (χ2v) is 6.79. The van der Waals surface area contributed by atoms with Crippen LogP contribution in [0.1, 0.15) is 26.3 Å². The van der Waals surface area contributed by atoms with Crippen molar-refractivity contribution in [2.24, 2.45) is 0 Å². The van der Waals surface area contributed by atoms with Gasteiger partial charge in [0, 0.05) is 20.3 Å². The molecule has 0 aromatic heterocycles. The first-order chi connectivity index (χ1) is 12.1. The number of carbonyl (C=O) groups excluding carboxylic acids is 1. The maximum atomic E-state index is 12.3. The van der Waals surface area contributed by atoms with Crippen molar-refractivity contribution in [1.82, 2.24) is 4.90 Å². The molecule has 0 unspecified atom stereocenters. The van der Waals surface area contributed by atoms with Crippen molar-refractivity contribution in [1.29, 1.82) is 5.26 Å². The second-order valence-electron chi connectivity index (χ2n) is 6.79. The topological polar surface area (TPSA) is 71.8 Å². The highest BCUT2D eigenvalue weighted by molar-refractivity contribution is 5.96. The number of ether oxygens (including phenoxy) is 3. The van der Waals surface area contributed by atoms with Crippen LogP contribution in [-0.2, 0) is 9.53 Å². The van der Waals surface area contributed by atoms with E-state index in [0.29, 0.717) is 17.1 Å². The highest BCUT2D eigenvalue weighted by Gasteiger charge is 2.20. The summed E-state index contributed by atoms with van der Waals surface area (Å²) >= 11 is 0. The summed E-state index contributed by atoms with van der Waals surface area (Å²) in [5, 5.41) is 9.40. The van der Waals surface area contributed by atoms with Crippen LogP contribution < -0.4 is 9.47 Å². The molecule has 0 bridgehead atoms. The summed E-state index contributed by atoms with van der Waals surface area (Å²) in [6, 6.07) is 7.31. The van der Waals surface area contributed by atoms with Crippen molar-refractivity contribution in [2.45, 2.75) is 26.4 Å². The summed E-state index contributed by atoms with van der Waals surface area (Å²) in [7, 11) is 6.82. The number of hydrogen-bond acceptors (Lipinski definition) is 6. The van der Waals surface area contributed by atoms with Gasteiger partial charge in [-0.15, -0.1) is 0 Å². The maximum absolute atomic E-state index is 12.3. The van der Waals surface area contributed by atoms with E-state index in [0.717, 1.165) is 5.56 Å². The number of hydrogen-bond donors (Lipinski definition) is 0. The summed E-state index contributed by atoms with van der Waals surface area (Å²) in [5.74, 6) is 0.487. The number of esters is 1. The van der Waals surface area contributed by atoms with Crippen molar-refractivity contribution < 1.29 is 19.0 Å². The van der Waals surface area contributed by atoms with Gasteiger partial charge in [-0.3, -0.25) is 0 Å². The fourth-order valence-corrected chi connectivity index (χ4v) is 2.11. The van der Waals surface area contributed by atoms with Gasteiger partial charge in [0.1, 0.15) is 17.2 Å². The zero-order valence-corrected chi connectivity index (χ0v) is 16.4. The Bertz CT molecular complexity index is 750. The van der Waals surface area contributed by atoms with Crippen LogP contribution in [-0.4, -0.2) is 44.8 Å². The first-order valence-electron chi connectivity index (χ1n) is 8.07. The third-order valence-corrected chi connectivity index (χ3v) is 3.15. The predicted molar refractivity (Wildman–Crippen MR) is 101 cm³/mol. The monoisotopic (exact) mass is 358 g/mol. The van der Waals surface area contributed by atoms with Crippen LogP contribution in [0.2, 0.25) is 0 Å². The number of benzene rings is 1. The van der Waals surface area contributed by atoms with Crippen molar-refractivity contribution in [2.75, 3.05) is 28.3 Å². The highest BCUT2D eigenvalue weighted by atomic mass is 16.6. The Labute approximate surface area is 155 Å². The molecule has 26 heavy (non-hydrogen) atoms. The second kappa shape index (κ2) is 8.95. The van der Waals surface area contributed by atoms with E-state index in [2.05, 4.69) is 0 Å². The number of nitriles is 1. The van der Waals surface area contributed by atoms with E-state index in [9.17, 15) is 10.1 Å². The van der Waals surface area contributed by atoms with Crippen molar-refractivity contribution in [3.05, 3.63) is 41.6 Å². The predicted octanol–water partition coefficient (Wildman–Crippen LogP) is 3.40. The average Bonchev–Trinajstić information content (AvgIpc) is 2.55. The molecular weight excluding hydrogens is 332 g/mol. The third kappa shape index (κ3) is 6.17. The molecule has 1 rings (SSSR count). The molecule has 140 valence electrons. The van der Waals surface area contributed by atoms with E-state index in [-0.39, 0.29) is 5.57 Å². The van der Waals surface area contributed by atoms with Gasteiger partial charge in [-0.2, -0.15) is 5.26 Å². The lowest BCUT2D eigenvalue weighted by Gasteiger charge is -2.19. The fraction of sp³-hybridized carbons (Fsp3) is 0.400. The van der Waals surface area contributed by atoms with E-state index in [1.54, 1.807) is 47.1 Å². The smallest absolute Gasteiger partial charge is 0.349 e. The van der Waals surface area contributed by atoms with Crippen molar-refractivity contribution in [3.8, 4) is 17.6 Å². The lowest BCUT2D eigenvalue weighted by atomic mass is 10.0. The zero-order chi connectivity index (χ0) is 19.9. The van der Waals surface area contributed by atoms with Gasteiger partial charge in [0.05, 0.1) is 14.2 Å². The third-order valence-electron chi connectivity index (χ3n) is 3.15. The van der Waals surface area contributed by atoms with Gasteiger partial charge in [-0.1, -0.05) is 6.07 Å². The lowest BCUT2D eigenvalue weighted by molar-refractivity contribution is -0.149. The van der Waals surface area contributed by atoms with Gasteiger partial charge in [-0.05, 0) is 50.1 Å². The van der Waals surface area contributed by atoms with E-state index >= 15 is 0 Å². The average molecular weight is 358 g/mol. The number of carbonyl (C=O) groups is 1. The van der Waals surface area contributed by atoms with E-state index in [1.807, 2.05) is 37.3 Å². The van der Waals surface area contributed by atoms with E-state index in [1.165, 1.54) is 6.08 Å². The Morgan fingerprint density at radius 2 is 1.77 bits per heavy atom. The first-order valence-corrected chi connectivity index (χ1v) is 8.07. The van der Waals surface area contributed by atoms with Gasteiger partial charge in [-0.25, -0.2) is 4.79 Å². The Morgan fingerprint density at radius 1 is 1.15 bits per heavy atom. The molecule has 1 aromatic rings. The molecule has 0 radical (unpaired) electrons. The van der Waals surface area contributed by atoms with E-state index < -0.39 is 11.6 Å². The van der Waals surface area contributed by atoms with Gasteiger partial charge in [0.2, 0.25) is 0 Å². The minimum absolute atomic E-state index is 0.0807. The number of nitrogens with zero attached hydrogens (tertiary/aromatic N) is 2. The number of rotatable bonds is 6. The molecule has 6 nitrogen and oxygen atoms in total. The Kier molecular flexibility index (Phi) is 7.27. The quantitative estimate of drug-likeness (QED) is 0.336. The van der Waals surface area contributed by atoms with Crippen LogP contribution in [0, 0.1) is 11.3 Å². The molecule has 0 aliphatic rings. The van der Waals surface area contributed by atoms with Crippen molar-refractivity contribution >= 4 is 11.5 Å². The minimum Gasteiger partial charge on any atom is -0.493 e. The SMILES string of the molecule is COc1ccc(C(/C=C(/C#N)C(=O)OC(C)(C)C)=C/N(C)C)cc1OC. The molecule has 0 fully saturated rings. The van der Waals surface area contributed by atoms with Gasteiger partial charge >= 0.3 is 5.97 Å². The molecule has 0 aliphatic heterocycles. The van der Waals surface area contributed by atoms with Crippen LogP contribution in [0.3, 0.4) is 0 Å². The van der Waals surface area contributed by atoms with Gasteiger partial charge in [0.15, 0.2) is 11.5 Å². The Hall–Kier alpha value is -2.94. The molecule has 6 heteroatoms. The largest absolute Gasteiger partial charge is 0.493 e. The summed E-state index contributed by atoms with van der Waals surface area (Å²) in [4.78, 5) is 14.1. The minimum atomic E-state index is -0.679.